The Labute approximate surface area is 203 Å². The molecule has 1 aromatic heterocycles. The normalized spacial score (nSPS) is 19.7. The maximum Gasteiger partial charge on any atom is 0.320 e. The molecule has 1 atom stereocenters. The maximum absolute atomic E-state index is 13.3. The minimum Gasteiger partial charge on any atom is -0.399 e. The first-order valence-electron chi connectivity index (χ1n) is 11.7. The van der Waals surface area contributed by atoms with E-state index in [-0.39, 0.29) is 17.6 Å². The zero-order chi connectivity index (χ0) is 25.0. The third-order valence-corrected chi connectivity index (χ3v) is 9.22. The Balaban J connectivity index is 1.30. The number of aromatic nitrogens is 2. The van der Waals surface area contributed by atoms with Crippen LogP contribution in [0.1, 0.15) is 54.8 Å². The molecule has 1 aliphatic rings. The van der Waals surface area contributed by atoms with E-state index in [1.807, 2.05) is 37.9 Å². The number of halogens is 2. The average molecular weight is 503 g/mol. The summed E-state index contributed by atoms with van der Waals surface area (Å²) in [5.74, 6) is -1.82. The molecular formula is C25H29F2N4O3P. The molecule has 0 saturated heterocycles. The highest BCUT2D eigenvalue weighted by Gasteiger charge is 2.26. The van der Waals surface area contributed by atoms with Crippen LogP contribution in [0.2, 0.25) is 0 Å². The topological polar surface area (TPSA) is 97.1 Å². The van der Waals surface area contributed by atoms with Crippen molar-refractivity contribution in [1.82, 2.24) is 10.2 Å². The predicted molar refractivity (Wildman–Crippen MR) is 132 cm³/mol. The third kappa shape index (κ3) is 6.54. The number of nitrogens with one attached hydrogen (secondary N) is 2. The number of hydrogen-bond donors (Lipinski definition) is 2. The average Bonchev–Trinajstić information content (AvgIpc) is 3.31. The molecule has 2 N–H and O–H groups in total. The van der Waals surface area contributed by atoms with Gasteiger partial charge in [0, 0.05) is 23.6 Å². The van der Waals surface area contributed by atoms with Crippen LogP contribution < -0.4 is 10.6 Å². The molecule has 35 heavy (non-hydrogen) atoms. The molecule has 7 nitrogen and oxygen atoms in total. The van der Waals surface area contributed by atoms with E-state index in [0.717, 1.165) is 50.1 Å². The highest BCUT2D eigenvalue weighted by Crippen LogP contribution is 2.47. The van der Waals surface area contributed by atoms with Crippen molar-refractivity contribution in [2.24, 2.45) is 5.92 Å². The van der Waals surface area contributed by atoms with Crippen LogP contribution in [0.5, 0.6) is 0 Å². The first-order chi connectivity index (χ1) is 16.7. The molecule has 1 unspecified atom stereocenters. The number of anilines is 3. The van der Waals surface area contributed by atoms with Gasteiger partial charge in [0.15, 0.2) is 11.6 Å². The summed E-state index contributed by atoms with van der Waals surface area (Å²) in [5, 5.41) is 12.8. The standard InChI is InChI=1S/C25H29F2N4O3P/c1-3-35(2,33)15-16-4-6-17(7-5-16)18-8-10-19(11-9-18)28-23(32)24-30-31-25(34-24)29-20-12-13-21(26)22(27)14-20/h8-14,16-17H,3-7,15H2,1-2H3,(H,28,32)(H,29,31). The lowest BCUT2D eigenvalue weighted by Gasteiger charge is -2.30. The maximum atomic E-state index is 13.3. The fourth-order valence-corrected chi connectivity index (χ4v) is 6.16. The van der Waals surface area contributed by atoms with Crippen molar-refractivity contribution in [3.63, 3.8) is 0 Å². The van der Waals surface area contributed by atoms with E-state index in [1.54, 1.807) is 0 Å². The summed E-state index contributed by atoms with van der Waals surface area (Å²) < 4.78 is 44.1. The van der Waals surface area contributed by atoms with E-state index >= 15 is 0 Å². The van der Waals surface area contributed by atoms with Crippen molar-refractivity contribution < 1.29 is 22.6 Å². The van der Waals surface area contributed by atoms with E-state index in [0.29, 0.717) is 17.5 Å². The van der Waals surface area contributed by atoms with Gasteiger partial charge in [0.1, 0.15) is 0 Å². The van der Waals surface area contributed by atoms with Crippen molar-refractivity contribution in [2.45, 2.75) is 38.5 Å². The molecule has 0 radical (unpaired) electrons. The molecule has 1 heterocycles. The Kier molecular flexibility index (Phi) is 7.65. The smallest absolute Gasteiger partial charge is 0.320 e. The van der Waals surface area contributed by atoms with E-state index in [9.17, 15) is 18.1 Å². The number of carbonyl (C=O) groups is 1. The van der Waals surface area contributed by atoms with E-state index in [4.69, 9.17) is 4.42 Å². The Morgan fingerprint density at radius 1 is 1.03 bits per heavy atom. The molecule has 10 heteroatoms. The van der Waals surface area contributed by atoms with Gasteiger partial charge < -0.3 is 19.6 Å². The van der Waals surface area contributed by atoms with Gasteiger partial charge in [-0.05, 0) is 80.2 Å². The number of nitrogens with zero attached hydrogens (tertiary/aromatic N) is 2. The summed E-state index contributed by atoms with van der Waals surface area (Å²) in [7, 11) is -1.99. The zero-order valence-corrected chi connectivity index (χ0v) is 20.7. The molecule has 0 spiro atoms. The second-order valence-corrected chi connectivity index (χ2v) is 12.8. The van der Waals surface area contributed by atoms with Crippen LogP contribution in [0, 0.1) is 17.6 Å². The van der Waals surface area contributed by atoms with Gasteiger partial charge in [0.05, 0.1) is 7.14 Å². The number of carbonyl (C=O) groups excluding carboxylic acids is 1. The Hall–Kier alpha value is -3.06. The second-order valence-electron chi connectivity index (χ2n) is 9.26. The minimum absolute atomic E-state index is 0.120. The Bertz CT molecular complexity index is 1220. The van der Waals surface area contributed by atoms with Crippen LogP contribution in [0.4, 0.5) is 26.2 Å². The summed E-state index contributed by atoms with van der Waals surface area (Å²) in [6.07, 6.45) is 5.98. The van der Waals surface area contributed by atoms with E-state index < -0.39 is 24.7 Å². The van der Waals surface area contributed by atoms with Gasteiger partial charge in [-0.3, -0.25) is 4.79 Å². The van der Waals surface area contributed by atoms with E-state index in [1.165, 1.54) is 11.6 Å². The number of hydrogen-bond acceptors (Lipinski definition) is 6. The van der Waals surface area contributed by atoms with Gasteiger partial charge in [-0.15, -0.1) is 5.10 Å². The van der Waals surface area contributed by atoms with Crippen LogP contribution >= 0.6 is 7.14 Å². The van der Waals surface area contributed by atoms with Crippen LogP contribution in [0.25, 0.3) is 0 Å². The van der Waals surface area contributed by atoms with Gasteiger partial charge >= 0.3 is 17.8 Å². The van der Waals surface area contributed by atoms with Gasteiger partial charge in [-0.25, -0.2) is 8.78 Å². The molecule has 4 rings (SSSR count). The van der Waals surface area contributed by atoms with Gasteiger partial charge in [0.2, 0.25) is 0 Å². The fourth-order valence-electron chi connectivity index (χ4n) is 4.44. The molecule has 186 valence electrons. The molecule has 0 aliphatic heterocycles. The second kappa shape index (κ2) is 10.7. The summed E-state index contributed by atoms with van der Waals surface area (Å²) in [5.41, 5.74) is 2.03. The molecule has 0 bridgehead atoms. The summed E-state index contributed by atoms with van der Waals surface area (Å²) in [6, 6.07) is 10.8. The largest absolute Gasteiger partial charge is 0.399 e. The predicted octanol–water partition coefficient (Wildman–Crippen LogP) is 6.63. The molecule has 1 amide bonds. The van der Waals surface area contributed by atoms with Crippen LogP contribution in [-0.2, 0) is 4.57 Å². The number of benzene rings is 2. The molecule has 1 fully saturated rings. The first-order valence-corrected chi connectivity index (χ1v) is 14.3. The quantitative estimate of drug-likeness (QED) is 0.336. The lowest BCUT2D eigenvalue weighted by molar-refractivity contribution is 0.0991. The molecular weight excluding hydrogens is 473 g/mol. The van der Waals surface area contributed by atoms with Crippen molar-refractivity contribution in [1.29, 1.82) is 0 Å². The summed E-state index contributed by atoms with van der Waals surface area (Å²) in [6.45, 7) is 3.93. The highest BCUT2D eigenvalue weighted by molar-refractivity contribution is 7.63. The zero-order valence-electron chi connectivity index (χ0n) is 19.8. The van der Waals surface area contributed by atoms with Crippen molar-refractivity contribution in [2.75, 3.05) is 29.6 Å². The Morgan fingerprint density at radius 3 is 2.37 bits per heavy atom. The first kappa shape index (κ1) is 25.0. The van der Waals surface area contributed by atoms with Gasteiger partial charge in [-0.1, -0.05) is 24.2 Å². The van der Waals surface area contributed by atoms with Crippen LogP contribution in [-0.4, -0.2) is 35.1 Å². The highest BCUT2D eigenvalue weighted by atomic mass is 31.2. The van der Waals surface area contributed by atoms with Crippen LogP contribution in [0.15, 0.2) is 46.9 Å². The summed E-state index contributed by atoms with van der Waals surface area (Å²) in [4.78, 5) is 12.5. The van der Waals surface area contributed by atoms with Gasteiger partial charge in [0.25, 0.3) is 0 Å². The number of rotatable bonds is 8. The third-order valence-electron chi connectivity index (χ3n) is 6.59. The van der Waals surface area contributed by atoms with Crippen LogP contribution in [0.3, 0.4) is 0 Å². The lowest BCUT2D eigenvalue weighted by atomic mass is 9.79. The molecule has 1 aliphatic carbocycles. The van der Waals surface area contributed by atoms with Gasteiger partial charge in [-0.2, -0.15) is 0 Å². The minimum atomic E-state index is -1.99. The van der Waals surface area contributed by atoms with E-state index in [2.05, 4.69) is 20.8 Å². The fraction of sp³-hybridized carbons (Fsp3) is 0.400. The Morgan fingerprint density at radius 2 is 1.71 bits per heavy atom. The van der Waals surface area contributed by atoms with Crippen molar-refractivity contribution in [3.8, 4) is 0 Å². The van der Waals surface area contributed by atoms with Crippen molar-refractivity contribution >= 4 is 30.4 Å². The SMILES string of the molecule is CCP(C)(=O)CC1CCC(c2ccc(NC(=O)c3nnc(Nc4ccc(F)c(F)c4)o3)cc2)CC1. The van der Waals surface area contributed by atoms with Crippen molar-refractivity contribution in [3.05, 3.63) is 65.6 Å². The molecule has 2 aromatic carbocycles. The summed E-state index contributed by atoms with van der Waals surface area (Å²) >= 11 is 0. The molecule has 3 aromatic rings. The number of amides is 1. The monoisotopic (exact) mass is 502 g/mol. The molecule has 1 saturated carbocycles. The lowest BCUT2D eigenvalue weighted by Crippen LogP contribution is -2.17.